The predicted octanol–water partition coefficient (Wildman–Crippen LogP) is 4.49. The average molecular weight is 339 g/mol. The van der Waals surface area contributed by atoms with Gasteiger partial charge in [0, 0.05) is 6.54 Å². The Bertz CT molecular complexity index is 556. The zero-order valence-corrected chi connectivity index (χ0v) is 16.0. The highest BCUT2D eigenvalue weighted by atomic mass is 31.1. The van der Waals surface area contributed by atoms with Gasteiger partial charge in [-0.25, -0.2) is 0 Å². The molecule has 0 aromatic heterocycles. The molecule has 2 atom stereocenters. The molecular formula is C22H30NP. The van der Waals surface area contributed by atoms with Crippen molar-refractivity contribution in [2.24, 2.45) is 11.8 Å². The lowest BCUT2D eigenvalue weighted by Gasteiger charge is -2.36. The van der Waals surface area contributed by atoms with Gasteiger partial charge in [-0.05, 0) is 63.5 Å². The first-order chi connectivity index (χ1) is 11.7. The molecule has 0 heterocycles. The van der Waals surface area contributed by atoms with Crippen molar-refractivity contribution in [3.05, 3.63) is 60.7 Å². The molecule has 1 fully saturated rings. The summed E-state index contributed by atoms with van der Waals surface area (Å²) in [6.45, 7) is 1.25. The van der Waals surface area contributed by atoms with Gasteiger partial charge in [0.1, 0.15) is 0 Å². The van der Waals surface area contributed by atoms with Crippen LogP contribution in [0.2, 0.25) is 0 Å². The molecule has 0 saturated heterocycles. The van der Waals surface area contributed by atoms with Crippen molar-refractivity contribution >= 4 is 18.5 Å². The van der Waals surface area contributed by atoms with Crippen molar-refractivity contribution in [3.63, 3.8) is 0 Å². The van der Waals surface area contributed by atoms with Crippen molar-refractivity contribution in [2.45, 2.75) is 25.7 Å². The van der Waals surface area contributed by atoms with Crippen molar-refractivity contribution < 1.29 is 0 Å². The molecule has 1 aliphatic carbocycles. The van der Waals surface area contributed by atoms with E-state index in [4.69, 9.17) is 0 Å². The summed E-state index contributed by atoms with van der Waals surface area (Å²) in [6.07, 6.45) is 7.01. The van der Waals surface area contributed by atoms with Crippen molar-refractivity contribution in [1.82, 2.24) is 4.90 Å². The quantitative estimate of drug-likeness (QED) is 0.701. The lowest BCUT2D eigenvalue weighted by molar-refractivity contribution is 0.201. The van der Waals surface area contributed by atoms with E-state index in [0.717, 1.165) is 11.8 Å². The fraction of sp³-hybridized carbons (Fsp3) is 0.455. The van der Waals surface area contributed by atoms with E-state index in [1.165, 1.54) is 49.0 Å². The molecule has 2 aromatic carbocycles. The third-order valence-electron chi connectivity index (χ3n) is 5.22. The Morgan fingerprint density at radius 1 is 0.792 bits per heavy atom. The lowest BCUT2D eigenvalue weighted by Crippen LogP contribution is -2.33. The van der Waals surface area contributed by atoms with Gasteiger partial charge in [0.15, 0.2) is 0 Å². The normalized spacial score (nSPS) is 21.3. The Balaban J connectivity index is 1.83. The lowest BCUT2D eigenvalue weighted by atomic mass is 9.80. The minimum absolute atomic E-state index is 0.244. The Morgan fingerprint density at radius 3 is 1.79 bits per heavy atom. The Labute approximate surface area is 148 Å². The highest BCUT2D eigenvalue weighted by Crippen LogP contribution is 2.42. The fourth-order valence-corrected chi connectivity index (χ4v) is 6.78. The van der Waals surface area contributed by atoms with Crippen LogP contribution >= 0.6 is 7.92 Å². The second-order valence-electron chi connectivity index (χ2n) is 7.35. The van der Waals surface area contributed by atoms with E-state index in [0.29, 0.717) is 0 Å². The highest BCUT2D eigenvalue weighted by molar-refractivity contribution is 7.73. The van der Waals surface area contributed by atoms with Gasteiger partial charge in [-0.2, -0.15) is 0 Å². The van der Waals surface area contributed by atoms with E-state index in [2.05, 4.69) is 79.7 Å². The number of nitrogens with zero attached hydrogens (tertiary/aromatic N) is 1. The van der Waals surface area contributed by atoms with E-state index in [-0.39, 0.29) is 7.92 Å². The molecule has 3 rings (SSSR count). The number of hydrogen-bond donors (Lipinski definition) is 0. The summed E-state index contributed by atoms with van der Waals surface area (Å²) in [6, 6.07) is 22.4. The van der Waals surface area contributed by atoms with Crippen molar-refractivity contribution in [2.75, 3.05) is 26.8 Å². The SMILES string of the molecule is CN(C)CC1CCCCC1CP(c1ccccc1)c1ccccc1. The summed E-state index contributed by atoms with van der Waals surface area (Å²) in [5.41, 5.74) is 0. The highest BCUT2D eigenvalue weighted by Gasteiger charge is 2.29. The van der Waals surface area contributed by atoms with Crippen LogP contribution in [-0.2, 0) is 0 Å². The minimum atomic E-state index is -0.244. The van der Waals surface area contributed by atoms with Gasteiger partial charge < -0.3 is 4.90 Å². The maximum absolute atomic E-state index is 2.39. The Kier molecular flexibility index (Phi) is 6.46. The summed E-state index contributed by atoms with van der Waals surface area (Å²) in [7, 11) is 4.21. The summed E-state index contributed by atoms with van der Waals surface area (Å²) in [4.78, 5) is 2.39. The Hall–Kier alpha value is -1.17. The van der Waals surface area contributed by atoms with Crippen molar-refractivity contribution in [1.29, 1.82) is 0 Å². The molecule has 2 aromatic rings. The van der Waals surface area contributed by atoms with Crippen LogP contribution in [0.5, 0.6) is 0 Å². The first kappa shape index (κ1) is 17.6. The van der Waals surface area contributed by atoms with Crippen LogP contribution in [0.25, 0.3) is 0 Å². The molecule has 128 valence electrons. The van der Waals surface area contributed by atoms with Gasteiger partial charge in [0.25, 0.3) is 0 Å². The van der Waals surface area contributed by atoms with E-state index >= 15 is 0 Å². The van der Waals surface area contributed by atoms with Crippen LogP contribution in [0.4, 0.5) is 0 Å². The van der Waals surface area contributed by atoms with Crippen LogP contribution < -0.4 is 10.6 Å². The molecule has 24 heavy (non-hydrogen) atoms. The predicted molar refractivity (Wildman–Crippen MR) is 108 cm³/mol. The third kappa shape index (κ3) is 4.68. The van der Waals surface area contributed by atoms with Gasteiger partial charge in [0.05, 0.1) is 0 Å². The molecule has 1 saturated carbocycles. The number of hydrogen-bond acceptors (Lipinski definition) is 1. The van der Waals surface area contributed by atoms with Crippen molar-refractivity contribution in [3.8, 4) is 0 Å². The monoisotopic (exact) mass is 339 g/mol. The van der Waals surface area contributed by atoms with Gasteiger partial charge in [-0.3, -0.25) is 0 Å². The van der Waals surface area contributed by atoms with Crippen LogP contribution in [-0.4, -0.2) is 31.7 Å². The van der Waals surface area contributed by atoms with Crippen LogP contribution in [0.15, 0.2) is 60.7 Å². The van der Waals surface area contributed by atoms with Gasteiger partial charge in [-0.1, -0.05) is 73.5 Å². The molecule has 1 nitrogen and oxygen atoms in total. The smallest absolute Gasteiger partial charge is 0.000634 e. The second-order valence-corrected chi connectivity index (χ2v) is 9.60. The first-order valence-corrected chi connectivity index (χ1v) is 10.8. The zero-order chi connectivity index (χ0) is 16.8. The molecule has 0 radical (unpaired) electrons. The molecule has 0 N–H and O–H groups in total. The maximum atomic E-state index is 2.39. The zero-order valence-electron chi connectivity index (χ0n) is 15.1. The molecule has 2 unspecified atom stereocenters. The molecule has 0 bridgehead atoms. The fourth-order valence-electron chi connectivity index (χ4n) is 4.04. The number of rotatable bonds is 6. The average Bonchev–Trinajstić information content (AvgIpc) is 2.62. The van der Waals surface area contributed by atoms with Crippen LogP contribution in [0.3, 0.4) is 0 Å². The summed E-state index contributed by atoms with van der Waals surface area (Å²) in [5.74, 6) is 1.74. The largest absolute Gasteiger partial charge is 0.309 e. The summed E-state index contributed by atoms with van der Waals surface area (Å²) >= 11 is 0. The van der Waals surface area contributed by atoms with Gasteiger partial charge in [0.2, 0.25) is 0 Å². The van der Waals surface area contributed by atoms with E-state index < -0.39 is 0 Å². The topological polar surface area (TPSA) is 3.24 Å². The second kappa shape index (κ2) is 8.79. The maximum Gasteiger partial charge on any atom is 0.000634 e. The molecule has 0 aliphatic heterocycles. The summed E-state index contributed by atoms with van der Waals surface area (Å²) in [5, 5.41) is 3.07. The minimum Gasteiger partial charge on any atom is -0.309 e. The number of benzene rings is 2. The molecule has 2 heteroatoms. The van der Waals surface area contributed by atoms with Gasteiger partial charge >= 0.3 is 0 Å². The molecular weight excluding hydrogens is 309 g/mol. The van der Waals surface area contributed by atoms with E-state index in [9.17, 15) is 0 Å². The Morgan fingerprint density at radius 2 is 1.29 bits per heavy atom. The van der Waals surface area contributed by atoms with E-state index in [1.54, 1.807) is 0 Å². The third-order valence-corrected chi connectivity index (χ3v) is 7.90. The standard InChI is InChI=1S/C22H30NP/c1-23(2)17-19-11-9-10-12-20(19)18-24(21-13-5-3-6-14-21)22-15-7-4-8-16-22/h3-8,13-16,19-20H,9-12,17-18H2,1-2H3. The molecule has 1 aliphatic rings. The summed E-state index contributed by atoms with van der Waals surface area (Å²) < 4.78 is 0. The van der Waals surface area contributed by atoms with Crippen LogP contribution in [0.1, 0.15) is 25.7 Å². The van der Waals surface area contributed by atoms with Gasteiger partial charge in [-0.15, -0.1) is 0 Å². The van der Waals surface area contributed by atoms with E-state index in [1.807, 2.05) is 0 Å². The molecule has 0 spiro atoms. The molecule has 0 amide bonds. The van der Waals surface area contributed by atoms with Crippen LogP contribution in [0, 0.1) is 11.8 Å². The first-order valence-electron chi connectivity index (χ1n) is 9.26.